The molecule has 2 aromatic carbocycles. The van der Waals surface area contributed by atoms with Gasteiger partial charge >= 0.3 is 0 Å². The molecule has 0 spiro atoms. The molecule has 2 nitrogen and oxygen atoms in total. The van der Waals surface area contributed by atoms with Crippen molar-refractivity contribution in [1.82, 2.24) is 0 Å². The van der Waals surface area contributed by atoms with E-state index in [4.69, 9.17) is 11.6 Å². The minimum Gasteiger partial charge on any atom is -0.550 e. The summed E-state index contributed by atoms with van der Waals surface area (Å²) in [6.07, 6.45) is 2.05. The summed E-state index contributed by atoms with van der Waals surface area (Å²) >= 11 is 7.66. The normalized spacial score (nSPS) is 10.5. The molecule has 2 aromatic rings. The maximum atomic E-state index is 10.5. The van der Waals surface area contributed by atoms with Crippen molar-refractivity contribution < 1.29 is 9.90 Å². The van der Waals surface area contributed by atoms with Gasteiger partial charge in [0.25, 0.3) is 0 Å². The fraction of sp³-hybridized carbons (Fsp3) is 0.235. The van der Waals surface area contributed by atoms with Crippen molar-refractivity contribution in [2.24, 2.45) is 0 Å². The molecule has 0 saturated heterocycles. The number of carboxylic acid groups (broad SMARTS) is 1. The highest BCUT2D eigenvalue weighted by atomic mass is 35.5. The van der Waals surface area contributed by atoms with E-state index in [1.165, 1.54) is 10.5 Å². The number of thioether (sulfide) groups is 1. The smallest absolute Gasteiger partial charge is 0.0458 e. The Morgan fingerprint density at radius 1 is 1.00 bits per heavy atom. The Kier molecular flexibility index (Phi) is 6.15. The van der Waals surface area contributed by atoms with Crippen molar-refractivity contribution in [3.05, 3.63) is 64.7 Å². The molecular formula is C17H16ClO2S-. The van der Waals surface area contributed by atoms with E-state index in [1.807, 2.05) is 60.3 Å². The standard InChI is InChI=1S/C17H17ClO2S/c18-15-7-9-16(10-8-15)21-11-1-2-13-3-5-14(6-4-13)12-17(19)20/h3-10H,1-2,11-12H2,(H,19,20)/p-1. The zero-order valence-electron chi connectivity index (χ0n) is 11.5. The molecule has 4 heteroatoms. The molecule has 0 aliphatic rings. The van der Waals surface area contributed by atoms with E-state index in [0.29, 0.717) is 0 Å². The molecule has 0 N–H and O–H groups in total. The topological polar surface area (TPSA) is 40.1 Å². The van der Waals surface area contributed by atoms with E-state index < -0.39 is 5.97 Å². The first kappa shape index (κ1) is 15.9. The molecular weight excluding hydrogens is 304 g/mol. The molecule has 0 unspecified atom stereocenters. The van der Waals surface area contributed by atoms with Crippen molar-refractivity contribution in [2.45, 2.75) is 24.2 Å². The van der Waals surface area contributed by atoms with Crippen molar-refractivity contribution in [2.75, 3.05) is 5.75 Å². The minimum atomic E-state index is -1.04. The Morgan fingerprint density at radius 3 is 2.24 bits per heavy atom. The number of carbonyl (C=O) groups excluding carboxylic acids is 1. The number of hydrogen-bond acceptors (Lipinski definition) is 3. The van der Waals surface area contributed by atoms with Gasteiger partial charge in [0, 0.05) is 22.3 Å². The van der Waals surface area contributed by atoms with E-state index in [9.17, 15) is 9.90 Å². The molecule has 0 aliphatic heterocycles. The van der Waals surface area contributed by atoms with Gasteiger partial charge in [-0.1, -0.05) is 35.9 Å². The largest absolute Gasteiger partial charge is 0.550 e. The van der Waals surface area contributed by atoms with Crippen LogP contribution >= 0.6 is 23.4 Å². The quantitative estimate of drug-likeness (QED) is 0.580. The summed E-state index contributed by atoms with van der Waals surface area (Å²) in [4.78, 5) is 11.7. The van der Waals surface area contributed by atoms with Gasteiger partial charge in [-0.2, -0.15) is 0 Å². The molecule has 0 atom stereocenters. The van der Waals surface area contributed by atoms with E-state index in [2.05, 4.69) is 0 Å². The summed E-state index contributed by atoms with van der Waals surface area (Å²) in [6.45, 7) is 0. The monoisotopic (exact) mass is 319 g/mol. The summed E-state index contributed by atoms with van der Waals surface area (Å²) in [5.41, 5.74) is 2.02. The van der Waals surface area contributed by atoms with Crippen LogP contribution in [0.3, 0.4) is 0 Å². The van der Waals surface area contributed by atoms with E-state index in [0.717, 1.165) is 29.2 Å². The third-order valence-electron chi connectivity index (χ3n) is 3.06. The molecule has 0 fully saturated rings. The minimum absolute atomic E-state index is 0.0211. The molecule has 0 aromatic heterocycles. The van der Waals surface area contributed by atoms with Gasteiger partial charge in [-0.3, -0.25) is 0 Å². The van der Waals surface area contributed by atoms with Crippen molar-refractivity contribution in [1.29, 1.82) is 0 Å². The lowest BCUT2D eigenvalue weighted by atomic mass is 10.1. The maximum absolute atomic E-state index is 10.5. The molecule has 0 aliphatic carbocycles. The van der Waals surface area contributed by atoms with Crippen molar-refractivity contribution >= 4 is 29.3 Å². The number of halogens is 1. The Labute approximate surface area is 134 Å². The molecule has 0 heterocycles. The average Bonchev–Trinajstić information content (AvgIpc) is 2.46. The van der Waals surface area contributed by atoms with Gasteiger partial charge in [-0.25, -0.2) is 0 Å². The predicted molar refractivity (Wildman–Crippen MR) is 85.7 cm³/mol. The van der Waals surface area contributed by atoms with Gasteiger partial charge in [0.15, 0.2) is 0 Å². The van der Waals surface area contributed by atoms with E-state index in [-0.39, 0.29) is 6.42 Å². The second kappa shape index (κ2) is 8.11. The third kappa shape index (κ3) is 5.82. The number of carbonyl (C=O) groups is 1. The highest BCUT2D eigenvalue weighted by molar-refractivity contribution is 7.99. The molecule has 21 heavy (non-hydrogen) atoms. The van der Waals surface area contributed by atoms with Crippen LogP contribution in [0.1, 0.15) is 17.5 Å². The Balaban J connectivity index is 1.73. The fourth-order valence-electron chi connectivity index (χ4n) is 1.99. The lowest BCUT2D eigenvalue weighted by molar-refractivity contribution is -0.304. The Morgan fingerprint density at radius 2 is 1.62 bits per heavy atom. The number of aliphatic carboxylic acids is 1. The highest BCUT2D eigenvalue weighted by Crippen LogP contribution is 2.21. The Bertz CT molecular complexity index is 579. The first-order chi connectivity index (χ1) is 10.1. The number of aryl methyl sites for hydroxylation is 1. The van der Waals surface area contributed by atoms with Crippen LogP contribution in [-0.4, -0.2) is 11.7 Å². The predicted octanol–water partition coefficient (Wildman–Crippen LogP) is 3.36. The van der Waals surface area contributed by atoms with Gasteiger partial charge in [0.05, 0.1) is 0 Å². The van der Waals surface area contributed by atoms with Crippen LogP contribution in [0.15, 0.2) is 53.4 Å². The second-order valence-corrected chi connectivity index (χ2v) is 6.38. The second-order valence-electron chi connectivity index (χ2n) is 4.77. The zero-order valence-corrected chi connectivity index (χ0v) is 13.1. The first-order valence-electron chi connectivity index (χ1n) is 6.79. The summed E-state index contributed by atoms with van der Waals surface area (Å²) in [7, 11) is 0. The first-order valence-corrected chi connectivity index (χ1v) is 8.16. The molecule has 0 radical (unpaired) electrons. The van der Waals surface area contributed by atoms with Crippen LogP contribution in [0.4, 0.5) is 0 Å². The molecule has 0 bridgehead atoms. The summed E-state index contributed by atoms with van der Waals surface area (Å²) < 4.78 is 0. The van der Waals surface area contributed by atoms with Crippen LogP contribution in [0, 0.1) is 0 Å². The van der Waals surface area contributed by atoms with Gasteiger partial charge in [-0.05, 0) is 54.0 Å². The molecule has 0 saturated carbocycles. The van der Waals surface area contributed by atoms with Crippen LogP contribution in [0.25, 0.3) is 0 Å². The lowest BCUT2D eigenvalue weighted by Gasteiger charge is -2.05. The van der Waals surface area contributed by atoms with Crippen LogP contribution < -0.4 is 5.11 Å². The summed E-state index contributed by atoms with van der Waals surface area (Å²) in [5, 5.41) is 11.3. The third-order valence-corrected chi connectivity index (χ3v) is 4.41. The highest BCUT2D eigenvalue weighted by Gasteiger charge is 1.98. The van der Waals surface area contributed by atoms with Gasteiger partial charge in [-0.15, -0.1) is 11.8 Å². The number of rotatable bonds is 7. The maximum Gasteiger partial charge on any atom is 0.0458 e. The van der Waals surface area contributed by atoms with Crippen molar-refractivity contribution in [3.8, 4) is 0 Å². The van der Waals surface area contributed by atoms with Crippen LogP contribution in [-0.2, 0) is 17.6 Å². The summed E-state index contributed by atoms with van der Waals surface area (Å²) in [6, 6.07) is 15.6. The van der Waals surface area contributed by atoms with E-state index in [1.54, 1.807) is 0 Å². The summed E-state index contributed by atoms with van der Waals surface area (Å²) in [5.74, 6) is 0.00437. The Hall–Kier alpha value is -1.45. The number of hydrogen-bond donors (Lipinski definition) is 0. The molecule has 110 valence electrons. The number of carboxylic acids is 1. The van der Waals surface area contributed by atoms with Gasteiger partial charge in [0.1, 0.15) is 0 Å². The van der Waals surface area contributed by atoms with Crippen molar-refractivity contribution in [3.63, 3.8) is 0 Å². The zero-order chi connectivity index (χ0) is 15.1. The fourth-order valence-corrected chi connectivity index (χ4v) is 2.97. The molecule has 0 amide bonds. The molecule has 2 rings (SSSR count). The SMILES string of the molecule is O=C([O-])Cc1ccc(CCCSc2ccc(Cl)cc2)cc1. The number of benzene rings is 2. The van der Waals surface area contributed by atoms with Gasteiger partial charge in [0.2, 0.25) is 0 Å². The average molecular weight is 320 g/mol. The van der Waals surface area contributed by atoms with Crippen LogP contribution in [0.2, 0.25) is 5.02 Å². The lowest BCUT2D eigenvalue weighted by Crippen LogP contribution is -2.24. The van der Waals surface area contributed by atoms with E-state index >= 15 is 0 Å². The van der Waals surface area contributed by atoms with Gasteiger partial charge < -0.3 is 9.90 Å². The van der Waals surface area contributed by atoms with Crippen LogP contribution in [0.5, 0.6) is 0 Å².